The molecular formula is C31H39FN4O3. The molecule has 2 aliphatic rings. The summed E-state index contributed by atoms with van der Waals surface area (Å²) in [6.07, 6.45) is 1.22. The van der Waals surface area contributed by atoms with Crippen molar-refractivity contribution in [3.05, 3.63) is 77.6 Å². The Bertz CT molecular complexity index is 1270. The van der Waals surface area contributed by atoms with Gasteiger partial charge in [-0.2, -0.15) is 0 Å². The van der Waals surface area contributed by atoms with Gasteiger partial charge in [0.25, 0.3) is 0 Å². The SMILES string of the molecule is Cc1cccc2cccc(CN3CCC4(CC3)C(=O)N(C[C@@H](O)CNCCCO)CN4c3ccc(F)cc3)c12. The third kappa shape index (κ3) is 5.79. The number of aryl methyl sites for hydroxylation is 1. The molecule has 1 amide bonds. The summed E-state index contributed by atoms with van der Waals surface area (Å²) < 4.78 is 13.7. The molecule has 0 bridgehead atoms. The Balaban J connectivity index is 1.32. The summed E-state index contributed by atoms with van der Waals surface area (Å²) in [4.78, 5) is 20.2. The van der Waals surface area contributed by atoms with Crippen molar-refractivity contribution in [1.82, 2.24) is 15.1 Å². The first-order chi connectivity index (χ1) is 18.9. The van der Waals surface area contributed by atoms with Gasteiger partial charge in [-0.25, -0.2) is 4.39 Å². The fourth-order valence-electron chi connectivity index (χ4n) is 6.22. The van der Waals surface area contributed by atoms with E-state index < -0.39 is 11.6 Å². The Morgan fingerprint density at radius 2 is 1.77 bits per heavy atom. The normalized spacial score (nSPS) is 18.4. The third-order valence-corrected chi connectivity index (χ3v) is 8.25. The number of rotatable bonds is 10. The molecule has 3 aromatic carbocycles. The van der Waals surface area contributed by atoms with Gasteiger partial charge >= 0.3 is 0 Å². The Hall–Kier alpha value is -3.04. The number of aliphatic hydroxyl groups excluding tert-OH is 2. The molecule has 1 atom stereocenters. The highest BCUT2D eigenvalue weighted by Crippen LogP contribution is 2.40. The molecule has 2 aliphatic heterocycles. The summed E-state index contributed by atoms with van der Waals surface area (Å²) in [6.45, 7) is 6.16. The second-order valence-electron chi connectivity index (χ2n) is 10.9. The van der Waals surface area contributed by atoms with Gasteiger partial charge in [-0.15, -0.1) is 0 Å². The second-order valence-corrected chi connectivity index (χ2v) is 10.9. The topological polar surface area (TPSA) is 79.3 Å². The molecule has 1 spiro atoms. The minimum Gasteiger partial charge on any atom is -0.396 e. The predicted octanol–water partition coefficient (Wildman–Crippen LogP) is 3.26. The van der Waals surface area contributed by atoms with Gasteiger partial charge in [0.1, 0.15) is 11.4 Å². The molecule has 7 nitrogen and oxygen atoms in total. The molecule has 0 aliphatic carbocycles. The van der Waals surface area contributed by atoms with Crippen LogP contribution in [-0.4, -0.2) is 83.6 Å². The number of aliphatic hydroxyl groups is 2. The lowest BCUT2D eigenvalue weighted by molar-refractivity contribution is -0.134. The number of β-amino-alcohol motifs (C(OH)–C–C–N with tert-alkyl or cyclic N) is 1. The number of fused-ring (bicyclic) bond motifs is 1. The van der Waals surface area contributed by atoms with Gasteiger partial charge in [0.2, 0.25) is 5.91 Å². The van der Waals surface area contributed by atoms with Crippen molar-refractivity contribution in [1.29, 1.82) is 0 Å². The molecule has 0 unspecified atom stereocenters. The van der Waals surface area contributed by atoms with E-state index >= 15 is 0 Å². The molecule has 2 fully saturated rings. The fraction of sp³-hybridized carbons (Fsp3) is 0.452. The van der Waals surface area contributed by atoms with Crippen LogP contribution < -0.4 is 10.2 Å². The van der Waals surface area contributed by atoms with E-state index in [9.17, 15) is 14.3 Å². The van der Waals surface area contributed by atoms with E-state index in [-0.39, 0.29) is 24.9 Å². The van der Waals surface area contributed by atoms with Gasteiger partial charge in [-0.05, 0) is 78.9 Å². The van der Waals surface area contributed by atoms with Crippen LogP contribution in [0.4, 0.5) is 10.1 Å². The minimum absolute atomic E-state index is 0.0295. The highest BCUT2D eigenvalue weighted by molar-refractivity contribution is 5.93. The van der Waals surface area contributed by atoms with Crippen LogP contribution in [0.2, 0.25) is 0 Å². The smallest absolute Gasteiger partial charge is 0.250 e. The highest BCUT2D eigenvalue weighted by Gasteiger charge is 2.53. The lowest BCUT2D eigenvalue weighted by Crippen LogP contribution is -2.56. The van der Waals surface area contributed by atoms with Crippen molar-refractivity contribution in [2.45, 2.75) is 44.4 Å². The molecule has 0 radical (unpaired) electrons. The number of benzene rings is 3. The average molecular weight is 535 g/mol. The summed E-state index contributed by atoms with van der Waals surface area (Å²) in [5.41, 5.74) is 2.67. The molecule has 0 aromatic heterocycles. The number of hydrogen-bond donors (Lipinski definition) is 3. The van der Waals surface area contributed by atoms with Gasteiger partial charge in [0.05, 0.1) is 12.8 Å². The van der Waals surface area contributed by atoms with Crippen molar-refractivity contribution < 1.29 is 19.4 Å². The van der Waals surface area contributed by atoms with Gasteiger partial charge < -0.3 is 25.3 Å². The number of nitrogens with one attached hydrogen (secondary N) is 1. The van der Waals surface area contributed by atoms with Crippen molar-refractivity contribution in [2.75, 3.05) is 50.9 Å². The van der Waals surface area contributed by atoms with Crippen LogP contribution in [0.3, 0.4) is 0 Å². The first kappa shape index (κ1) is 27.5. The molecule has 2 heterocycles. The number of likely N-dealkylation sites (tertiary alicyclic amines) is 1. The summed E-state index contributed by atoms with van der Waals surface area (Å²) in [5, 5.41) is 25.3. The minimum atomic E-state index is -0.715. The van der Waals surface area contributed by atoms with E-state index in [2.05, 4.69) is 58.4 Å². The summed E-state index contributed by atoms with van der Waals surface area (Å²) >= 11 is 0. The fourth-order valence-corrected chi connectivity index (χ4v) is 6.22. The van der Waals surface area contributed by atoms with Crippen LogP contribution in [0.1, 0.15) is 30.4 Å². The zero-order valence-corrected chi connectivity index (χ0v) is 22.7. The first-order valence-electron chi connectivity index (χ1n) is 13.9. The number of carbonyl (C=O) groups excluding carboxylic acids is 1. The molecule has 208 valence electrons. The Morgan fingerprint density at radius 1 is 1.05 bits per heavy atom. The maximum Gasteiger partial charge on any atom is 0.250 e. The van der Waals surface area contributed by atoms with Crippen LogP contribution in [0, 0.1) is 12.7 Å². The number of nitrogens with zero attached hydrogens (tertiary/aromatic N) is 3. The van der Waals surface area contributed by atoms with Gasteiger partial charge in [-0.3, -0.25) is 9.69 Å². The number of hydrogen-bond acceptors (Lipinski definition) is 6. The van der Waals surface area contributed by atoms with E-state index in [4.69, 9.17) is 5.11 Å². The van der Waals surface area contributed by atoms with Gasteiger partial charge in [-0.1, -0.05) is 36.4 Å². The summed E-state index contributed by atoms with van der Waals surface area (Å²) in [7, 11) is 0. The maximum absolute atomic E-state index is 14.0. The predicted molar refractivity (Wildman–Crippen MR) is 152 cm³/mol. The zero-order chi connectivity index (χ0) is 27.4. The lowest BCUT2D eigenvalue weighted by Gasteiger charge is -2.43. The molecule has 3 aromatic rings. The second kappa shape index (κ2) is 12.0. The molecule has 8 heteroatoms. The quantitative estimate of drug-likeness (QED) is 0.347. The van der Waals surface area contributed by atoms with Crippen LogP contribution in [0.15, 0.2) is 60.7 Å². The van der Waals surface area contributed by atoms with Crippen LogP contribution in [0.5, 0.6) is 0 Å². The van der Waals surface area contributed by atoms with Crippen LogP contribution >= 0.6 is 0 Å². The number of carbonyl (C=O) groups is 1. The molecule has 5 rings (SSSR count). The van der Waals surface area contributed by atoms with E-state index in [1.807, 2.05) is 0 Å². The molecule has 0 saturated carbocycles. The first-order valence-corrected chi connectivity index (χ1v) is 13.9. The number of piperidine rings is 1. The van der Waals surface area contributed by atoms with Gasteiger partial charge in [0, 0.05) is 45.0 Å². The van der Waals surface area contributed by atoms with Crippen molar-refractivity contribution >= 4 is 22.4 Å². The average Bonchev–Trinajstić information content (AvgIpc) is 3.19. The van der Waals surface area contributed by atoms with E-state index in [1.165, 1.54) is 34.0 Å². The Labute approximate surface area is 229 Å². The lowest BCUT2D eigenvalue weighted by atomic mass is 9.85. The summed E-state index contributed by atoms with van der Waals surface area (Å²) in [5.74, 6) is -0.276. The molecule has 2 saturated heterocycles. The van der Waals surface area contributed by atoms with Crippen LogP contribution in [0.25, 0.3) is 10.8 Å². The number of anilines is 1. The third-order valence-electron chi connectivity index (χ3n) is 8.25. The molecular weight excluding hydrogens is 495 g/mol. The van der Waals surface area contributed by atoms with Crippen molar-refractivity contribution in [3.8, 4) is 0 Å². The zero-order valence-electron chi connectivity index (χ0n) is 22.7. The van der Waals surface area contributed by atoms with Crippen LogP contribution in [-0.2, 0) is 11.3 Å². The monoisotopic (exact) mass is 534 g/mol. The van der Waals surface area contributed by atoms with E-state index in [0.29, 0.717) is 39.0 Å². The standard InChI is InChI=1S/C31H39FN4O3/c1-23-5-2-6-24-7-3-8-25(29(23)24)20-34-16-13-31(14-17-34)30(39)35(21-28(38)19-33-15-4-18-37)22-36(31)27-11-9-26(32)10-12-27/h2-3,5-12,28,33,37-38H,4,13-22H2,1H3/t28-/m0/s1. The highest BCUT2D eigenvalue weighted by atomic mass is 19.1. The Morgan fingerprint density at radius 3 is 2.49 bits per heavy atom. The number of halogens is 1. The van der Waals surface area contributed by atoms with Crippen molar-refractivity contribution in [2.24, 2.45) is 0 Å². The van der Waals surface area contributed by atoms with E-state index in [1.54, 1.807) is 17.0 Å². The van der Waals surface area contributed by atoms with E-state index in [0.717, 1.165) is 25.3 Å². The Kier molecular flexibility index (Phi) is 8.47. The largest absolute Gasteiger partial charge is 0.396 e. The molecule has 3 N–H and O–H groups in total. The maximum atomic E-state index is 14.0. The van der Waals surface area contributed by atoms with Gasteiger partial charge in [0.15, 0.2) is 0 Å². The summed E-state index contributed by atoms with van der Waals surface area (Å²) in [6, 6.07) is 19.2. The molecule has 39 heavy (non-hydrogen) atoms. The van der Waals surface area contributed by atoms with Crippen molar-refractivity contribution in [3.63, 3.8) is 0 Å². The number of amides is 1.